The third kappa shape index (κ3) is 6.17. The maximum absolute atomic E-state index is 12.4. The number of hydrogen-bond acceptors (Lipinski definition) is 4. The zero-order valence-electron chi connectivity index (χ0n) is 16.7. The number of rotatable bonds is 9. The molecule has 3 rings (SSSR count). The molecule has 0 unspecified atom stereocenters. The molecule has 0 aromatic heterocycles. The Hall–Kier alpha value is -3.16. The Morgan fingerprint density at radius 3 is 2.03 bits per heavy atom. The van der Waals surface area contributed by atoms with Gasteiger partial charge in [0.1, 0.15) is 5.75 Å². The predicted octanol–water partition coefficient (Wildman–Crippen LogP) is 3.20. The second kappa shape index (κ2) is 10.0. The fourth-order valence-corrected chi connectivity index (χ4v) is 3.79. The average molecular weight is 425 g/mol. The van der Waals surface area contributed by atoms with E-state index >= 15 is 0 Å². The van der Waals surface area contributed by atoms with E-state index in [1.54, 1.807) is 24.1 Å². The SMILES string of the molecule is CN(Cc1ccccc1)C(=O)COc1ccc(S(=O)(=O)NCc2ccccc2)cc1. The van der Waals surface area contributed by atoms with Crippen LogP contribution in [0.15, 0.2) is 89.8 Å². The van der Waals surface area contributed by atoms with E-state index in [-0.39, 0.29) is 24.0 Å². The minimum Gasteiger partial charge on any atom is -0.484 e. The fraction of sp³-hybridized carbons (Fsp3) is 0.174. The predicted molar refractivity (Wildman–Crippen MR) is 115 cm³/mol. The summed E-state index contributed by atoms with van der Waals surface area (Å²) in [6.07, 6.45) is 0. The average Bonchev–Trinajstić information content (AvgIpc) is 2.78. The van der Waals surface area contributed by atoms with Gasteiger partial charge in [-0.2, -0.15) is 0 Å². The van der Waals surface area contributed by atoms with Gasteiger partial charge in [-0.3, -0.25) is 4.79 Å². The van der Waals surface area contributed by atoms with Crippen LogP contribution < -0.4 is 9.46 Å². The van der Waals surface area contributed by atoms with E-state index < -0.39 is 10.0 Å². The number of sulfonamides is 1. The van der Waals surface area contributed by atoms with Crippen molar-refractivity contribution in [2.75, 3.05) is 13.7 Å². The van der Waals surface area contributed by atoms with E-state index in [4.69, 9.17) is 4.74 Å². The van der Waals surface area contributed by atoms with Crippen LogP contribution >= 0.6 is 0 Å². The van der Waals surface area contributed by atoms with E-state index in [0.717, 1.165) is 11.1 Å². The first kappa shape index (κ1) is 21.5. The van der Waals surface area contributed by atoms with Crippen LogP contribution in [-0.4, -0.2) is 32.9 Å². The summed E-state index contributed by atoms with van der Waals surface area (Å²) in [4.78, 5) is 14.0. The van der Waals surface area contributed by atoms with Crippen molar-refractivity contribution in [3.8, 4) is 5.75 Å². The van der Waals surface area contributed by atoms with Crippen molar-refractivity contribution >= 4 is 15.9 Å². The molecule has 1 amide bonds. The molecule has 0 saturated heterocycles. The number of carbonyl (C=O) groups excluding carboxylic acids is 1. The van der Waals surface area contributed by atoms with Crippen LogP contribution in [0.25, 0.3) is 0 Å². The number of nitrogens with zero attached hydrogens (tertiary/aromatic N) is 1. The van der Waals surface area contributed by atoms with E-state index in [1.165, 1.54) is 12.1 Å². The van der Waals surface area contributed by atoms with Crippen molar-refractivity contribution in [1.29, 1.82) is 0 Å². The molecule has 0 aliphatic carbocycles. The number of carbonyl (C=O) groups is 1. The minimum absolute atomic E-state index is 0.123. The normalized spacial score (nSPS) is 11.1. The molecule has 7 heteroatoms. The Morgan fingerprint density at radius 1 is 0.867 bits per heavy atom. The number of likely N-dealkylation sites (N-methyl/N-ethyl adjacent to an activating group) is 1. The van der Waals surface area contributed by atoms with Crippen molar-refractivity contribution in [2.24, 2.45) is 0 Å². The molecule has 3 aromatic carbocycles. The molecule has 0 aliphatic heterocycles. The molecule has 3 aromatic rings. The molecular formula is C23H24N2O4S. The summed E-state index contributed by atoms with van der Waals surface area (Å²) in [5.74, 6) is 0.263. The van der Waals surface area contributed by atoms with Crippen molar-refractivity contribution in [3.63, 3.8) is 0 Å². The highest BCUT2D eigenvalue weighted by Gasteiger charge is 2.14. The Kier molecular flexibility index (Phi) is 7.21. The summed E-state index contributed by atoms with van der Waals surface area (Å²) >= 11 is 0. The van der Waals surface area contributed by atoms with Gasteiger partial charge in [-0.1, -0.05) is 60.7 Å². The Balaban J connectivity index is 1.51. The van der Waals surface area contributed by atoms with Gasteiger partial charge in [0.25, 0.3) is 5.91 Å². The van der Waals surface area contributed by atoms with Crippen molar-refractivity contribution < 1.29 is 17.9 Å². The second-order valence-corrected chi connectivity index (χ2v) is 8.57. The van der Waals surface area contributed by atoms with Gasteiger partial charge in [-0.15, -0.1) is 0 Å². The number of amides is 1. The molecule has 0 atom stereocenters. The van der Waals surface area contributed by atoms with Gasteiger partial charge >= 0.3 is 0 Å². The van der Waals surface area contributed by atoms with Crippen LogP contribution in [0.2, 0.25) is 0 Å². The van der Waals surface area contributed by atoms with E-state index in [9.17, 15) is 13.2 Å². The molecule has 0 fully saturated rings. The molecule has 1 N–H and O–H groups in total. The van der Waals surface area contributed by atoms with Crippen LogP contribution in [0.1, 0.15) is 11.1 Å². The van der Waals surface area contributed by atoms with Gasteiger partial charge in [0.2, 0.25) is 10.0 Å². The molecule has 0 bridgehead atoms. The Bertz CT molecular complexity index is 1050. The molecular weight excluding hydrogens is 400 g/mol. The van der Waals surface area contributed by atoms with Crippen LogP contribution in [0, 0.1) is 0 Å². The molecule has 0 radical (unpaired) electrons. The molecule has 0 aliphatic rings. The highest BCUT2D eigenvalue weighted by Crippen LogP contribution is 2.16. The standard InChI is InChI=1S/C23H24N2O4S/c1-25(17-20-10-6-3-7-11-20)23(26)18-29-21-12-14-22(15-13-21)30(27,28)24-16-19-8-4-2-5-9-19/h2-15,24H,16-18H2,1H3. The highest BCUT2D eigenvalue weighted by atomic mass is 32.2. The van der Waals surface area contributed by atoms with Gasteiger partial charge in [-0.05, 0) is 35.4 Å². The van der Waals surface area contributed by atoms with Crippen LogP contribution in [0.3, 0.4) is 0 Å². The first-order valence-electron chi connectivity index (χ1n) is 9.48. The lowest BCUT2D eigenvalue weighted by Gasteiger charge is -2.17. The lowest BCUT2D eigenvalue weighted by Crippen LogP contribution is -2.30. The maximum Gasteiger partial charge on any atom is 0.260 e. The third-order valence-corrected chi connectivity index (χ3v) is 5.91. The zero-order chi connectivity index (χ0) is 21.4. The summed E-state index contributed by atoms with van der Waals surface area (Å²) in [5, 5.41) is 0. The monoisotopic (exact) mass is 424 g/mol. The lowest BCUT2D eigenvalue weighted by atomic mass is 10.2. The molecule has 30 heavy (non-hydrogen) atoms. The zero-order valence-corrected chi connectivity index (χ0v) is 17.5. The molecule has 0 heterocycles. The first-order chi connectivity index (χ1) is 14.4. The van der Waals surface area contributed by atoms with Crippen molar-refractivity contribution in [2.45, 2.75) is 18.0 Å². The van der Waals surface area contributed by atoms with Gasteiger partial charge in [-0.25, -0.2) is 13.1 Å². The number of ether oxygens (including phenoxy) is 1. The number of benzene rings is 3. The molecule has 156 valence electrons. The first-order valence-corrected chi connectivity index (χ1v) is 11.0. The smallest absolute Gasteiger partial charge is 0.260 e. The molecule has 0 saturated carbocycles. The topological polar surface area (TPSA) is 75.7 Å². The Morgan fingerprint density at radius 2 is 1.43 bits per heavy atom. The number of hydrogen-bond donors (Lipinski definition) is 1. The fourth-order valence-electron chi connectivity index (χ4n) is 2.77. The summed E-state index contributed by atoms with van der Waals surface area (Å²) in [5.41, 5.74) is 1.91. The lowest BCUT2D eigenvalue weighted by molar-refractivity contribution is -0.132. The van der Waals surface area contributed by atoms with Crippen molar-refractivity contribution in [1.82, 2.24) is 9.62 Å². The summed E-state index contributed by atoms with van der Waals surface area (Å²) in [7, 11) is -1.92. The van der Waals surface area contributed by atoms with Crippen LogP contribution in [-0.2, 0) is 27.9 Å². The van der Waals surface area contributed by atoms with E-state index in [1.807, 2.05) is 60.7 Å². The molecule has 6 nitrogen and oxygen atoms in total. The summed E-state index contributed by atoms with van der Waals surface area (Å²) in [6, 6.07) is 25.0. The van der Waals surface area contributed by atoms with E-state index in [2.05, 4.69) is 4.72 Å². The van der Waals surface area contributed by atoms with Gasteiger partial charge < -0.3 is 9.64 Å². The quantitative estimate of drug-likeness (QED) is 0.572. The largest absolute Gasteiger partial charge is 0.484 e. The molecule has 0 spiro atoms. The second-order valence-electron chi connectivity index (χ2n) is 6.81. The van der Waals surface area contributed by atoms with Gasteiger partial charge in [0.05, 0.1) is 4.90 Å². The third-order valence-electron chi connectivity index (χ3n) is 4.49. The minimum atomic E-state index is -3.64. The summed E-state index contributed by atoms with van der Waals surface area (Å²) in [6.45, 7) is 0.582. The summed E-state index contributed by atoms with van der Waals surface area (Å²) < 4.78 is 33.0. The number of nitrogens with one attached hydrogen (secondary N) is 1. The maximum atomic E-state index is 12.4. The van der Waals surface area contributed by atoms with Crippen LogP contribution in [0.5, 0.6) is 5.75 Å². The van der Waals surface area contributed by atoms with Crippen molar-refractivity contribution in [3.05, 3.63) is 96.1 Å². The van der Waals surface area contributed by atoms with Gasteiger partial charge in [0, 0.05) is 20.1 Å². The van der Waals surface area contributed by atoms with E-state index in [0.29, 0.717) is 12.3 Å². The van der Waals surface area contributed by atoms with Crippen LogP contribution in [0.4, 0.5) is 0 Å². The Labute approximate surface area is 177 Å². The highest BCUT2D eigenvalue weighted by molar-refractivity contribution is 7.89. The van der Waals surface area contributed by atoms with Gasteiger partial charge in [0.15, 0.2) is 6.61 Å².